The minimum atomic E-state index is -0.372. The molecule has 1 aromatic rings. The maximum absolute atomic E-state index is 12.6. The molecular weight excluding hydrogens is 292 g/mol. The third-order valence-corrected chi connectivity index (χ3v) is 4.64. The molecule has 1 saturated heterocycles. The summed E-state index contributed by atoms with van der Waals surface area (Å²) >= 11 is 0. The van der Waals surface area contributed by atoms with Gasteiger partial charge < -0.3 is 19.7 Å². The molecule has 5 heteroatoms. The molecule has 0 unspecified atom stereocenters. The molecule has 0 aromatic carbocycles. The number of aryl methyl sites for hydroxylation is 1. The number of urea groups is 1. The molecule has 2 rings (SSSR count). The Bertz CT molecular complexity index is 531. The lowest BCUT2D eigenvalue weighted by Crippen LogP contribution is -2.44. The van der Waals surface area contributed by atoms with Crippen molar-refractivity contribution >= 4 is 6.03 Å². The van der Waals surface area contributed by atoms with E-state index in [4.69, 9.17) is 4.42 Å². The normalized spacial score (nSPS) is 21.3. The lowest BCUT2D eigenvalue weighted by molar-refractivity contribution is 0.127. The van der Waals surface area contributed by atoms with Crippen LogP contribution in [0.3, 0.4) is 0 Å². The minimum Gasteiger partial charge on any atom is -0.464 e. The number of furan rings is 1. The maximum atomic E-state index is 12.6. The van der Waals surface area contributed by atoms with E-state index in [0.29, 0.717) is 13.1 Å². The fraction of sp³-hybridized carbons (Fsp3) is 0.722. The van der Waals surface area contributed by atoms with Gasteiger partial charge in [-0.05, 0) is 30.9 Å². The van der Waals surface area contributed by atoms with Crippen molar-refractivity contribution in [1.29, 1.82) is 0 Å². The van der Waals surface area contributed by atoms with Crippen molar-refractivity contribution in [2.45, 2.75) is 59.6 Å². The van der Waals surface area contributed by atoms with Gasteiger partial charge in [-0.1, -0.05) is 27.7 Å². The summed E-state index contributed by atoms with van der Waals surface area (Å²) in [4.78, 5) is 14.4. The Morgan fingerprint density at radius 1 is 1.48 bits per heavy atom. The Hall–Kier alpha value is -1.49. The molecule has 2 amide bonds. The molecule has 0 aliphatic carbocycles. The van der Waals surface area contributed by atoms with Gasteiger partial charge in [0.25, 0.3) is 0 Å². The number of rotatable bonds is 4. The Morgan fingerprint density at radius 2 is 2.17 bits per heavy atom. The van der Waals surface area contributed by atoms with Crippen LogP contribution in [0.5, 0.6) is 0 Å². The van der Waals surface area contributed by atoms with E-state index in [0.717, 1.165) is 24.4 Å². The number of carbonyl (C=O) groups is 1. The Balaban J connectivity index is 2.08. The molecule has 0 radical (unpaired) electrons. The molecule has 0 bridgehead atoms. The van der Waals surface area contributed by atoms with Gasteiger partial charge in [-0.25, -0.2) is 4.79 Å². The number of aliphatic hydroxyl groups excluding tert-OH is 1. The Morgan fingerprint density at radius 3 is 2.65 bits per heavy atom. The number of amides is 2. The van der Waals surface area contributed by atoms with Gasteiger partial charge in [0.1, 0.15) is 11.5 Å². The van der Waals surface area contributed by atoms with Gasteiger partial charge in [0, 0.05) is 25.4 Å². The standard InChI is InChI=1S/C18H30N2O3/c1-6-14-7-8-15(23-14)16(18(3,4)5)19-17(22)20-10-9-13(11-20)12(2)21/h7-8,12-13,16,21H,6,9-11H2,1-5H3,(H,19,22)/t12-,13+,16+/m1/s1. The smallest absolute Gasteiger partial charge is 0.318 e. The van der Waals surface area contributed by atoms with E-state index < -0.39 is 0 Å². The van der Waals surface area contributed by atoms with Gasteiger partial charge in [-0.3, -0.25) is 0 Å². The monoisotopic (exact) mass is 322 g/mol. The molecule has 130 valence electrons. The van der Waals surface area contributed by atoms with Crippen LogP contribution in [-0.4, -0.2) is 35.2 Å². The minimum absolute atomic E-state index is 0.0810. The first-order valence-corrected chi connectivity index (χ1v) is 8.54. The largest absolute Gasteiger partial charge is 0.464 e. The van der Waals surface area contributed by atoms with Crippen molar-refractivity contribution < 1.29 is 14.3 Å². The molecule has 1 aliphatic heterocycles. The van der Waals surface area contributed by atoms with Gasteiger partial charge in [-0.2, -0.15) is 0 Å². The van der Waals surface area contributed by atoms with Crippen LogP contribution in [0.2, 0.25) is 0 Å². The third-order valence-electron chi connectivity index (χ3n) is 4.64. The first kappa shape index (κ1) is 17.9. The van der Waals surface area contributed by atoms with Crippen molar-refractivity contribution in [1.82, 2.24) is 10.2 Å². The molecule has 1 fully saturated rings. The van der Waals surface area contributed by atoms with Crippen molar-refractivity contribution in [2.24, 2.45) is 11.3 Å². The summed E-state index contributed by atoms with van der Waals surface area (Å²) in [5.41, 5.74) is -0.151. The molecule has 1 aromatic heterocycles. The molecule has 3 atom stereocenters. The van der Waals surface area contributed by atoms with Gasteiger partial charge in [0.15, 0.2) is 0 Å². The zero-order valence-corrected chi connectivity index (χ0v) is 14.9. The van der Waals surface area contributed by atoms with Gasteiger partial charge >= 0.3 is 6.03 Å². The highest BCUT2D eigenvalue weighted by Gasteiger charge is 2.34. The number of likely N-dealkylation sites (tertiary alicyclic amines) is 1. The summed E-state index contributed by atoms with van der Waals surface area (Å²) in [6.07, 6.45) is 1.32. The lowest BCUT2D eigenvalue weighted by atomic mass is 9.85. The first-order chi connectivity index (χ1) is 10.7. The number of hydrogen-bond donors (Lipinski definition) is 2. The molecule has 5 nitrogen and oxygen atoms in total. The second kappa shape index (κ2) is 6.95. The summed E-state index contributed by atoms with van der Waals surface area (Å²) in [5, 5.41) is 12.8. The van der Waals surface area contributed by atoms with Crippen molar-refractivity contribution in [3.63, 3.8) is 0 Å². The van der Waals surface area contributed by atoms with E-state index in [1.54, 1.807) is 11.8 Å². The lowest BCUT2D eigenvalue weighted by Gasteiger charge is -2.31. The van der Waals surface area contributed by atoms with Crippen molar-refractivity contribution in [3.8, 4) is 0 Å². The van der Waals surface area contributed by atoms with E-state index in [-0.39, 0.29) is 29.5 Å². The second-order valence-electron chi connectivity index (χ2n) is 7.64. The number of aliphatic hydroxyl groups is 1. The number of nitrogens with one attached hydrogen (secondary N) is 1. The van der Waals surface area contributed by atoms with E-state index in [2.05, 4.69) is 26.1 Å². The summed E-state index contributed by atoms with van der Waals surface area (Å²) in [6.45, 7) is 11.4. The molecule has 0 spiro atoms. The van der Waals surface area contributed by atoms with Crippen LogP contribution in [-0.2, 0) is 6.42 Å². The molecular formula is C18H30N2O3. The second-order valence-corrected chi connectivity index (χ2v) is 7.64. The van der Waals surface area contributed by atoms with Crippen LogP contribution in [0.15, 0.2) is 16.5 Å². The van der Waals surface area contributed by atoms with Crippen LogP contribution in [0, 0.1) is 11.3 Å². The molecule has 23 heavy (non-hydrogen) atoms. The van der Waals surface area contributed by atoms with Crippen molar-refractivity contribution in [3.05, 3.63) is 23.7 Å². The zero-order valence-electron chi connectivity index (χ0n) is 14.9. The molecule has 0 saturated carbocycles. The highest BCUT2D eigenvalue weighted by atomic mass is 16.3. The van der Waals surface area contributed by atoms with E-state index in [1.165, 1.54) is 0 Å². The summed E-state index contributed by atoms with van der Waals surface area (Å²) in [5.74, 6) is 1.90. The Kier molecular flexibility index (Phi) is 5.40. The van der Waals surface area contributed by atoms with Crippen LogP contribution < -0.4 is 5.32 Å². The number of nitrogens with zero attached hydrogens (tertiary/aromatic N) is 1. The van der Waals surface area contributed by atoms with Crippen LogP contribution >= 0.6 is 0 Å². The summed E-state index contributed by atoms with van der Waals surface area (Å²) < 4.78 is 5.87. The average molecular weight is 322 g/mol. The van der Waals surface area contributed by atoms with Crippen molar-refractivity contribution in [2.75, 3.05) is 13.1 Å². The number of carbonyl (C=O) groups excluding carboxylic acids is 1. The predicted molar refractivity (Wildman–Crippen MR) is 90.2 cm³/mol. The Labute approximate surface area is 139 Å². The van der Waals surface area contributed by atoms with E-state index in [1.807, 2.05) is 19.1 Å². The highest BCUT2D eigenvalue weighted by Crippen LogP contribution is 2.34. The molecule has 1 aliphatic rings. The zero-order chi connectivity index (χ0) is 17.2. The van der Waals surface area contributed by atoms with Gasteiger partial charge in [0.05, 0.1) is 12.1 Å². The first-order valence-electron chi connectivity index (χ1n) is 8.54. The fourth-order valence-corrected chi connectivity index (χ4v) is 3.03. The highest BCUT2D eigenvalue weighted by molar-refractivity contribution is 5.75. The van der Waals surface area contributed by atoms with Crippen LogP contribution in [0.4, 0.5) is 4.79 Å². The summed E-state index contributed by atoms with van der Waals surface area (Å²) in [6, 6.07) is 3.67. The van der Waals surface area contributed by atoms with Gasteiger partial charge in [0.2, 0.25) is 0 Å². The average Bonchev–Trinajstić information content (AvgIpc) is 3.12. The van der Waals surface area contributed by atoms with Crippen LogP contribution in [0.1, 0.15) is 58.6 Å². The topological polar surface area (TPSA) is 65.7 Å². The van der Waals surface area contributed by atoms with E-state index in [9.17, 15) is 9.90 Å². The van der Waals surface area contributed by atoms with Crippen LogP contribution in [0.25, 0.3) is 0 Å². The van der Waals surface area contributed by atoms with E-state index >= 15 is 0 Å². The fourth-order valence-electron chi connectivity index (χ4n) is 3.03. The SMILES string of the molecule is CCc1ccc([C@H](NC(=O)N2CC[C@H]([C@@H](C)O)C2)C(C)(C)C)o1. The third kappa shape index (κ3) is 4.28. The molecule has 2 N–H and O–H groups in total. The maximum Gasteiger partial charge on any atom is 0.318 e. The predicted octanol–water partition coefficient (Wildman–Crippen LogP) is 3.34. The summed E-state index contributed by atoms with van der Waals surface area (Å²) in [7, 11) is 0. The molecule has 2 heterocycles. The number of hydrogen-bond acceptors (Lipinski definition) is 3. The quantitative estimate of drug-likeness (QED) is 0.893. The van der Waals surface area contributed by atoms with Gasteiger partial charge in [-0.15, -0.1) is 0 Å².